The lowest BCUT2D eigenvalue weighted by Gasteiger charge is -2.20. The van der Waals surface area contributed by atoms with Crippen LogP contribution < -0.4 is 4.90 Å². The van der Waals surface area contributed by atoms with Crippen molar-refractivity contribution in [3.05, 3.63) is 120 Å². The quantitative estimate of drug-likeness (QED) is 0.231. The summed E-state index contributed by atoms with van der Waals surface area (Å²) in [6, 6.07) is 34.0. The number of anilines is 1. The van der Waals surface area contributed by atoms with Gasteiger partial charge in [0.1, 0.15) is 11.2 Å². The van der Waals surface area contributed by atoms with Crippen molar-refractivity contribution in [1.82, 2.24) is 4.57 Å². The third-order valence-electron chi connectivity index (χ3n) is 7.56. The van der Waals surface area contributed by atoms with E-state index >= 15 is 0 Å². The molecule has 7 aromatic rings. The van der Waals surface area contributed by atoms with E-state index in [9.17, 15) is 14.9 Å². The first-order valence-electron chi connectivity index (χ1n) is 12.5. The maximum atomic E-state index is 13.5. The van der Waals surface area contributed by atoms with Crippen LogP contribution in [-0.2, 0) is 0 Å². The number of carbonyl (C=O) groups excluding carboxylic acids is 2. The maximum absolute atomic E-state index is 13.5. The summed E-state index contributed by atoms with van der Waals surface area (Å²) in [6.07, 6.45) is 0. The minimum atomic E-state index is -0.387. The predicted molar refractivity (Wildman–Crippen MR) is 150 cm³/mol. The summed E-state index contributed by atoms with van der Waals surface area (Å²) in [5.41, 5.74) is 5.40. The number of carbonyl (C=O) groups is 2. The predicted octanol–water partition coefficient (Wildman–Crippen LogP) is 7.36. The van der Waals surface area contributed by atoms with Crippen LogP contribution in [-0.4, -0.2) is 16.4 Å². The lowest BCUT2D eigenvalue weighted by molar-refractivity contribution is 0.0926. The summed E-state index contributed by atoms with van der Waals surface area (Å²) >= 11 is 0. The Morgan fingerprint density at radius 1 is 0.641 bits per heavy atom. The van der Waals surface area contributed by atoms with Gasteiger partial charge in [0.2, 0.25) is 0 Å². The van der Waals surface area contributed by atoms with Gasteiger partial charge >= 0.3 is 0 Å². The molecule has 0 atom stereocenters. The molecule has 6 nitrogen and oxygen atoms in total. The van der Waals surface area contributed by atoms with Gasteiger partial charge < -0.3 is 8.98 Å². The zero-order valence-corrected chi connectivity index (χ0v) is 20.4. The molecule has 1 aliphatic rings. The highest BCUT2D eigenvalue weighted by Gasteiger charge is 2.38. The Balaban J connectivity index is 1.49. The van der Waals surface area contributed by atoms with E-state index in [2.05, 4.69) is 6.07 Å². The summed E-state index contributed by atoms with van der Waals surface area (Å²) in [5.74, 6) is -0.774. The number of furan rings is 1. The number of hydrogen-bond acceptors (Lipinski definition) is 4. The normalized spacial score (nSPS) is 13.2. The monoisotopic (exact) mass is 503 g/mol. The van der Waals surface area contributed by atoms with Gasteiger partial charge in [0, 0.05) is 16.2 Å². The van der Waals surface area contributed by atoms with Gasteiger partial charge in [-0.3, -0.25) is 9.59 Å². The second kappa shape index (κ2) is 7.67. The van der Waals surface area contributed by atoms with Crippen LogP contribution in [0.1, 0.15) is 26.3 Å². The number of rotatable bonds is 2. The van der Waals surface area contributed by atoms with Crippen molar-refractivity contribution in [3.63, 3.8) is 0 Å². The van der Waals surface area contributed by atoms with Crippen LogP contribution in [0.4, 0.5) is 5.69 Å². The summed E-state index contributed by atoms with van der Waals surface area (Å²) < 4.78 is 8.40. The smallest absolute Gasteiger partial charge is 0.266 e. The first-order chi connectivity index (χ1) is 19.2. The van der Waals surface area contributed by atoms with Crippen molar-refractivity contribution in [1.29, 1.82) is 5.26 Å². The van der Waals surface area contributed by atoms with Crippen molar-refractivity contribution in [2.24, 2.45) is 0 Å². The van der Waals surface area contributed by atoms with E-state index in [0.717, 1.165) is 43.7 Å². The zero-order chi connectivity index (χ0) is 26.2. The fourth-order valence-corrected chi connectivity index (χ4v) is 5.86. The molecule has 182 valence electrons. The molecule has 0 spiro atoms. The molecule has 0 radical (unpaired) electrons. The Kier molecular flexibility index (Phi) is 4.21. The summed E-state index contributed by atoms with van der Waals surface area (Å²) in [7, 11) is 0. The molecule has 0 fully saturated rings. The number of aromatic nitrogens is 1. The maximum Gasteiger partial charge on any atom is 0.266 e. The van der Waals surface area contributed by atoms with Crippen molar-refractivity contribution in [2.75, 3.05) is 4.90 Å². The molecule has 0 unspecified atom stereocenters. The van der Waals surface area contributed by atoms with E-state index in [1.807, 2.05) is 65.2 Å². The largest absolute Gasteiger partial charge is 0.455 e. The molecular formula is C33H17N3O3. The average Bonchev–Trinajstić information content (AvgIpc) is 3.60. The van der Waals surface area contributed by atoms with Gasteiger partial charge in [-0.25, -0.2) is 4.90 Å². The van der Waals surface area contributed by atoms with Crippen LogP contribution in [0.5, 0.6) is 0 Å². The second-order valence-corrected chi connectivity index (χ2v) is 9.59. The summed E-state index contributed by atoms with van der Waals surface area (Å²) in [4.78, 5) is 28.2. The third kappa shape index (κ3) is 2.79. The van der Waals surface area contributed by atoms with Crippen LogP contribution in [0.15, 0.2) is 108 Å². The highest BCUT2D eigenvalue weighted by molar-refractivity contribution is 6.35. The molecule has 0 aliphatic carbocycles. The van der Waals surface area contributed by atoms with E-state index < -0.39 is 0 Å². The highest BCUT2D eigenvalue weighted by atomic mass is 16.3. The third-order valence-corrected chi connectivity index (χ3v) is 7.56. The Labute approximate surface area is 221 Å². The molecule has 5 aromatic carbocycles. The highest BCUT2D eigenvalue weighted by Crippen LogP contribution is 2.42. The Morgan fingerprint density at radius 2 is 1.33 bits per heavy atom. The van der Waals surface area contributed by atoms with Crippen LogP contribution in [0, 0.1) is 11.3 Å². The van der Waals surface area contributed by atoms with Crippen molar-refractivity contribution < 1.29 is 14.0 Å². The topological polar surface area (TPSA) is 79.2 Å². The molecule has 3 heterocycles. The Bertz CT molecular complexity index is 2210. The second-order valence-electron chi connectivity index (χ2n) is 9.59. The molecule has 0 N–H and O–H groups in total. The number of nitriles is 1. The fraction of sp³-hybridized carbons (Fsp3) is 0. The molecule has 39 heavy (non-hydrogen) atoms. The zero-order valence-electron chi connectivity index (χ0n) is 20.4. The van der Waals surface area contributed by atoms with E-state index in [4.69, 9.17) is 4.42 Å². The standard InChI is InChI=1S/C33H17N3O3/c34-18-19-13-15-26(36-32(37)22-8-1-2-9-23(22)33(36)38)28(17-19)35-25-11-5-3-10-24(25)30-27(35)16-14-21-20-7-4-6-12-29(20)39-31(21)30/h1-17H. The van der Waals surface area contributed by atoms with Gasteiger partial charge in [0.05, 0.1) is 50.6 Å². The van der Waals surface area contributed by atoms with Crippen molar-refractivity contribution in [3.8, 4) is 11.8 Å². The van der Waals surface area contributed by atoms with Gasteiger partial charge in [-0.15, -0.1) is 0 Å². The molecule has 1 aliphatic heterocycles. The van der Waals surface area contributed by atoms with Crippen LogP contribution in [0.2, 0.25) is 0 Å². The molecule has 6 heteroatoms. The first-order valence-corrected chi connectivity index (χ1v) is 12.5. The number of para-hydroxylation sites is 2. The first kappa shape index (κ1) is 21.4. The molecule has 8 rings (SSSR count). The van der Waals surface area contributed by atoms with Gasteiger partial charge in [0.15, 0.2) is 0 Å². The lowest BCUT2D eigenvalue weighted by Crippen LogP contribution is -2.30. The number of benzene rings is 5. The van der Waals surface area contributed by atoms with Crippen LogP contribution in [0.3, 0.4) is 0 Å². The van der Waals surface area contributed by atoms with Crippen LogP contribution >= 0.6 is 0 Å². The molecule has 0 saturated heterocycles. The van der Waals surface area contributed by atoms with E-state index in [1.54, 1.807) is 42.5 Å². The van der Waals surface area contributed by atoms with E-state index in [1.165, 1.54) is 4.90 Å². The molecule has 0 bridgehead atoms. The van der Waals surface area contributed by atoms with E-state index in [0.29, 0.717) is 28.1 Å². The summed E-state index contributed by atoms with van der Waals surface area (Å²) in [5, 5.41) is 13.7. The molecule has 2 aromatic heterocycles. The van der Waals surface area contributed by atoms with Crippen LogP contribution in [0.25, 0.3) is 49.4 Å². The van der Waals surface area contributed by atoms with Gasteiger partial charge in [-0.05, 0) is 54.6 Å². The lowest BCUT2D eigenvalue weighted by atomic mass is 10.1. The van der Waals surface area contributed by atoms with E-state index in [-0.39, 0.29) is 11.8 Å². The SMILES string of the molecule is N#Cc1ccc(N2C(=O)c3ccccc3C2=O)c(-n2c3ccccc3c3c4oc5ccccc5c4ccc32)c1. The number of hydrogen-bond donors (Lipinski definition) is 0. The number of amides is 2. The molecule has 2 amide bonds. The Morgan fingerprint density at radius 3 is 2.10 bits per heavy atom. The number of imide groups is 1. The van der Waals surface area contributed by atoms with Gasteiger partial charge in [-0.2, -0.15) is 5.26 Å². The van der Waals surface area contributed by atoms with Gasteiger partial charge in [0.25, 0.3) is 11.8 Å². The van der Waals surface area contributed by atoms with Gasteiger partial charge in [-0.1, -0.05) is 48.5 Å². The average molecular weight is 504 g/mol. The Hall–Kier alpha value is -5.67. The van der Waals surface area contributed by atoms with Crippen molar-refractivity contribution >= 4 is 61.2 Å². The molecular weight excluding hydrogens is 486 g/mol. The fourth-order valence-electron chi connectivity index (χ4n) is 5.86. The van der Waals surface area contributed by atoms with Crippen molar-refractivity contribution in [2.45, 2.75) is 0 Å². The summed E-state index contributed by atoms with van der Waals surface area (Å²) in [6.45, 7) is 0. The minimum Gasteiger partial charge on any atom is -0.455 e. The number of fused-ring (bicyclic) bond motifs is 8. The minimum absolute atomic E-state index is 0.365. The molecule has 0 saturated carbocycles. The number of nitrogens with zero attached hydrogens (tertiary/aromatic N) is 3.